The van der Waals surface area contributed by atoms with Gasteiger partial charge in [-0.1, -0.05) is 0 Å². The zero-order chi connectivity index (χ0) is 10.3. The lowest BCUT2D eigenvalue weighted by atomic mass is 10.3. The van der Waals surface area contributed by atoms with Gasteiger partial charge in [-0.05, 0) is 13.3 Å². The third-order valence-corrected chi connectivity index (χ3v) is 1.54. The third-order valence-electron chi connectivity index (χ3n) is 1.54. The molecule has 5 nitrogen and oxygen atoms in total. The lowest BCUT2D eigenvalue weighted by Gasteiger charge is -2.07. The molecule has 0 aliphatic rings. The van der Waals surface area contributed by atoms with Gasteiger partial charge in [0.05, 0.1) is 0 Å². The Morgan fingerprint density at radius 3 is 2.62 bits per heavy atom. The highest BCUT2D eigenvalue weighted by atomic mass is 16.5. The Kier molecular flexibility index (Phi) is 5.88. The lowest BCUT2D eigenvalue weighted by Crippen LogP contribution is -2.22. The number of hydrogen-bond donors (Lipinski definition) is 2. The standard InChI is InChI=1S/C8H15NO4/c1-6(8(11)12)13-5-3-4-7(10)9-2/h6H,3-5H2,1-2H3,(H,9,10)(H,11,12). The van der Waals surface area contributed by atoms with Crippen LogP contribution in [0.4, 0.5) is 0 Å². The molecular weight excluding hydrogens is 174 g/mol. The molecule has 0 radical (unpaired) electrons. The van der Waals surface area contributed by atoms with Crippen LogP contribution in [0.15, 0.2) is 0 Å². The molecular formula is C8H15NO4. The van der Waals surface area contributed by atoms with Crippen molar-refractivity contribution in [2.24, 2.45) is 0 Å². The predicted molar refractivity (Wildman–Crippen MR) is 46.4 cm³/mol. The summed E-state index contributed by atoms with van der Waals surface area (Å²) >= 11 is 0. The number of aliphatic carboxylic acids is 1. The molecule has 1 atom stereocenters. The molecule has 76 valence electrons. The van der Waals surface area contributed by atoms with Crippen molar-refractivity contribution in [3.8, 4) is 0 Å². The van der Waals surface area contributed by atoms with Crippen LogP contribution < -0.4 is 5.32 Å². The monoisotopic (exact) mass is 189 g/mol. The van der Waals surface area contributed by atoms with Crippen molar-refractivity contribution >= 4 is 11.9 Å². The van der Waals surface area contributed by atoms with Crippen molar-refractivity contribution in [3.05, 3.63) is 0 Å². The zero-order valence-corrected chi connectivity index (χ0v) is 7.87. The summed E-state index contributed by atoms with van der Waals surface area (Å²) in [5.41, 5.74) is 0. The molecule has 0 aromatic heterocycles. The number of amides is 1. The van der Waals surface area contributed by atoms with Crippen LogP contribution >= 0.6 is 0 Å². The minimum absolute atomic E-state index is 0.0634. The Labute approximate surface area is 77.1 Å². The number of carboxylic acids is 1. The minimum atomic E-state index is -0.986. The van der Waals surface area contributed by atoms with E-state index in [0.29, 0.717) is 19.4 Å². The Balaban J connectivity index is 3.35. The van der Waals surface area contributed by atoms with E-state index in [0.717, 1.165) is 0 Å². The maximum Gasteiger partial charge on any atom is 0.332 e. The van der Waals surface area contributed by atoms with Crippen molar-refractivity contribution in [1.29, 1.82) is 0 Å². The van der Waals surface area contributed by atoms with Crippen LogP contribution in [-0.2, 0) is 14.3 Å². The smallest absolute Gasteiger partial charge is 0.332 e. The summed E-state index contributed by atoms with van der Waals surface area (Å²) in [5.74, 6) is -1.05. The van der Waals surface area contributed by atoms with Crippen LogP contribution in [0.5, 0.6) is 0 Å². The van der Waals surface area contributed by atoms with Crippen molar-refractivity contribution < 1.29 is 19.4 Å². The Morgan fingerprint density at radius 1 is 1.54 bits per heavy atom. The number of carboxylic acid groups (broad SMARTS) is 1. The van der Waals surface area contributed by atoms with Gasteiger partial charge in [-0.25, -0.2) is 4.79 Å². The molecule has 0 bridgehead atoms. The van der Waals surface area contributed by atoms with Gasteiger partial charge >= 0.3 is 5.97 Å². The fraction of sp³-hybridized carbons (Fsp3) is 0.750. The van der Waals surface area contributed by atoms with E-state index in [4.69, 9.17) is 9.84 Å². The van der Waals surface area contributed by atoms with Crippen molar-refractivity contribution in [3.63, 3.8) is 0 Å². The van der Waals surface area contributed by atoms with Gasteiger partial charge in [-0.3, -0.25) is 4.79 Å². The summed E-state index contributed by atoms with van der Waals surface area (Å²) < 4.78 is 4.92. The molecule has 0 aliphatic heterocycles. The maximum atomic E-state index is 10.7. The topological polar surface area (TPSA) is 75.6 Å². The highest BCUT2D eigenvalue weighted by molar-refractivity contribution is 5.75. The van der Waals surface area contributed by atoms with E-state index in [1.807, 2.05) is 0 Å². The average Bonchev–Trinajstić information content (AvgIpc) is 2.11. The normalized spacial score (nSPS) is 12.2. The first kappa shape index (κ1) is 11.9. The van der Waals surface area contributed by atoms with Gasteiger partial charge in [0.25, 0.3) is 0 Å². The third kappa shape index (κ3) is 6.10. The largest absolute Gasteiger partial charge is 0.479 e. The number of rotatable bonds is 6. The Morgan fingerprint density at radius 2 is 2.15 bits per heavy atom. The molecule has 1 amide bonds. The molecule has 0 aliphatic carbocycles. The summed E-state index contributed by atoms with van der Waals surface area (Å²) in [4.78, 5) is 21.0. The molecule has 0 saturated carbocycles. The first-order chi connectivity index (χ1) is 6.07. The van der Waals surface area contributed by atoms with Gasteiger partial charge in [-0.15, -0.1) is 0 Å². The van der Waals surface area contributed by atoms with Crippen LogP contribution in [0.3, 0.4) is 0 Å². The van der Waals surface area contributed by atoms with E-state index in [2.05, 4.69) is 5.32 Å². The van der Waals surface area contributed by atoms with E-state index in [9.17, 15) is 9.59 Å². The first-order valence-electron chi connectivity index (χ1n) is 4.13. The van der Waals surface area contributed by atoms with Crippen molar-refractivity contribution in [2.45, 2.75) is 25.9 Å². The number of carbonyl (C=O) groups excluding carboxylic acids is 1. The van der Waals surface area contributed by atoms with Gasteiger partial charge in [-0.2, -0.15) is 0 Å². The maximum absolute atomic E-state index is 10.7. The summed E-state index contributed by atoms with van der Waals surface area (Å²) in [5, 5.41) is 10.9. The van der Waals surface area contributed by atoms with E-state index in [1.165, 1.54) is 6.92 Å². The van der Waals surface area contributed by atoms with Gasteiger partial charge in [0.1, 0.15) is 0 Å². The second-order valence-electron chi connectivity index (χ2n) is 2.63. The van der Waals surface area contributed by atoms with E-state index >= 15 is 0 Å². The summed E-state index contributed by atoms with van der Waals surface area (Å²) in [6.07, 6.45) is 0.102. The highest BCUT2D eigenvalue weighted by Gasteiger charge is 2.10. The summed E-state index contributed by atoms with van der Waals surface area (Å²) in [6, 6.07) is 0. The van der Waals surface area contributed by atoms with Crippen molar-refractivity contribution in [1.82, 2.24) is 5.32 Å². The molecule has 0 spiro atoms. The Bertz CT molecular complexity index is 181. The van der Waals surface area contributed by atoms with E-state index in [1.54, 1.807) is 7.05 Å². The van der Waals surface area contributed by atoms with E-state index in [-0.39, 0.29) is 5.91 Å². The molecule has 0 saturated heterocycles. The number of nitrogens with one attached hydrogen (secondary N) is 1. The average molecular weight is 189 g/mol. The first-order valence-corrected chi connectivity index (χ1v) is 4.13. The van der Waals surface area contributed by atoms with Gasteiger partial charge in [0.15, 0.2) is 6.10 Å². The quantitative estimate of drug-likeness (QED) is 0.577. The number of ether oxygens (including phenoxy) is 1. The second kappa shape index (κ2) is 6.42. The van der Waals surface area contributed by atoms with Crippen LogP contribution in [0.2, 0.25) is 0 Å². The predicted octanol–water partition coefficient (Wildman–Crippen LogP) is 0.00230. The summed E-state index contributed by atoms with van der Waals surface area (Å²) in [6.45, 7) is 1.75. The molecule has 0 rings (SSSR count). The minimum Gasteiger partial charge on any atom is -0.479 e. The second-order valence-corrected chi connectivity index (χ2v) is 2.63. The van der Waals surface area contributed by atoms with Crippen molar-refractivity contribution in [2.75, 3.05) is 13.7 Å². The number of hydrogen-bond acceptors (Lipinski definition) is 3. The van der Waals surface area contributed by atoms with Gasteiger partial charge < -0.3 is 15.2 Å². The summed E-state index contributed by atoms with van der Waals surface area (Å²) in [7, 11) is 1.56. The molecule has 2 N–H and O–H groups in total. The van der Waals surface area contributed by atoms with Crippen LogP contribution in [0, 0.1) is 0 Å². The van der Waals surface area contributed by atoms with Crippen LogP contribution in [0.25, 0.3) is 0 Å². The van der Waals surface area contributed by atoms with Crippen LogP contribution in [0.1, 0.15) is 19.8 Å². The van der Waals surface area contributed by atoms with Gasteiger partial charge in [0, 0.05) is 20.1 Å². The highest BCUT2D eigenvalue weighted by Crippen LogP contribution is 1.95. The Hall–Kier alpha value is -1.10. The molecule has 0 fully saturated rings. The SMILES string of the molecule is CNC(=O)CCCOC(C)C(=O)O. The molecule has 13 heavy (non-hydrogen) atoms. The van der Waals surface area contributed by atoms with Crippen LogP contribution in [-0.4, -0.2) is 36.7 Å². The fourth-order valence-corrected chi connectivity index (χ4v) is 0.689. The number of carbonyl (C=O) groups is 2. The molecule has 0 aromatic rings. The van der Waals surface area contributed by atoms with E-state index < -0.39 is 12.1 Å². The molecule has 1 unspecified atom stereocenters. The molecule has 0 heterocycles. The molecule has 0 aromatic carbocycles. The molecule has 5 heteroatoms. The fourth-order valence-electron chi connectivity index (χ4n) is 0.689. The van der Waals surface area contributed by atoms with Gasteiger partial charge in [0.2, 0.25) is 5.91 Å². The zero-order valence-electron chi connectivity index (χ0n) is 7.87. The lowest BCUT2D eigenvalue weighted by molar-refractivity contribution is -0.149.